The number of hydrogen-bond acceptors (Lipinski definition) is 3. The molecule has 106 valence electrons. The molecule has 1 unspecified atom stereocenters. The molecule has 0 saturated heterocycles. The summed E-state index contributed by atoms with van der Waals surface area (Å²) in [5.41, 5.74) is 2.99. The molecule has 1 N–H and O–H groups in total. The van der Waals surface area contributed by atoms with E-state index in [4.69, 9.17) is 4.74 Å². The fourth-order valence-corrected chi connectivity index (χ4v) is 2.00. The molecule has 0 spiro atoms. The van der Waals surface area contributed by atoms with Crippen molar-refractivity contribution in [3.05, 3.63) is 59.2 Å². The summed E-state index contributed by atoms with van der Waals surface area (Å²) >= 11 is 0. The lowest BCUT2D eigenvalue weighted by molar-refractivity contribution is 0.298. The summed E-state index contributed by atoms with van der Waals surface area (Å²) in [6.45, 7) is 4.36. The average molecular weight is 274 g/mol. The van der Waals surface area contributed by atoms with Crippen molar-refractivity contribution < 1.29 is 9.13 Å². The van der Waals surface area contributed by atoms with Crippen LogP contribution in [0.2, 0.25) is 0 Å². The smallest absolute Gasteiger partial charge is 0.127 e. The molecule has 0 aliphatic heterocycles. The molecule has 1 atom stereocenters. The highest BCUT2D eigenvalue weighted by Gasteiger charge is 2.11. The molecule has 3 nitrogen and oxygen atoms in total. The summed E-state index contributed by atoms with van der Waals surface area (Å²) in [6.07, 6.45) is 3.55. The maximum atomic E-state index is 13.4. The lowest BCUT2D eigenvalue weighted by Gasteiger charge is -2.16. The Balaban J connectivity index is 2.18. The number of nitrogens with one attached hydrogen (secondary N) is 1. The fourth-order valence-electron chi connectivity index (χ4n) is 2.00. The number of pyridine rings is 1. The van der Waals surface area contributed by atoms with Gasteiger partial charge in [-0.15, -0.1) is 0 Å². The zero-order valence-corrected chi connectivity index (χ0v) is 12.0. The molecular formula is C16H19FN2O. The van der Waals surface area contributed by atoms with E-state index in [1.54, 1.807) is 18.5 Å². The van der Waals surface area contributed by atoms with Crippen LogP contribution >= 0.6 is 0 Å². The van der Waals surface area contributed by atoms with Gasteiger partial charge in [0.05, 0.1) is 0 Å². The third-order valence-corrected chi connectivity index (χ3v) is 3.20. The van der Waals surface area contributed by atoms with Gasteiger partial charge in [0.25, 0.3) is 0 Å². The normalized spacial score (nSPS) is 12.2. The fraction of sp³-hybridized carbons (Fsp3) is 0.312. The third kappa shape index (κ3) is 3.54. The predicted molar refractivity (Wildman–Crippen MR) is 77.2 cm³/mol. The van der Waals surface area contributed by atoms with Gasteiger partial charge in [-0.1, -0.05) is 6.07 Å². The molecule has 1 heterocycles. The molecule has 0 saturated carbocycles. The summed E-state index contributed by atoms with van der Waals surface area (Å²) in [7, 11) is 1.86. The van der Waals surface area contributed by atoms with E-state index in [1.165, 1.54) is 12.1 Å². The second kappa shape index (κ2) is 6.48. The Bertz CT molecular complexity index is 586. The second-order valence-electron chi connectivity index (χ2n) is 4.85. The van der Waals surface area contributed by atoms with Crippen molar-refractivity contribution in [2.24, 2.45) is 0 Å². The summed E-state index contributed by atoms with van der Waals surface area (Å²) in [5, 5.41) is 3.13. The van der Waals surface area contributed by atoms with Crippen molar-refractivity contribution in [3.8, 4) is 5.75 Å². The van der Waals surface area contributed by atoms with Crippen molar-refractivity contribution in [1.82, 2.24) is 10.3 Å². The zero-order valence-electron chi connectivity index (χ0n) is 12.0. The molecule has 1 aromatic heterocycles. The van der Waals surface area contributed by atoms with Gasteiger partial charge in [-0.2, -0.15) is 0 Å². The topological polar surface area (TPSA) is 34.1 Å². The van der Waals surface area contributed by atoms with Crippen LogP contribution in [0.25, 0.3) is 0 Å². The number of nitrogens with zero attached hydrogens (tertiary/aromatic N) is 1. The highest BCUT2D eigenvalue weighted by molar-refractivity contribution is 5.36. The Hall–Kier alpha value is -1.94. The first kappa shape index (κ1) is 14.5. The summed E-state index contributed by atoms with van der Waals surface area (Å²) in [6, 6.07) is 6.73. The van der Waals surface area contributed by atoms with Crippen molar-refractivity contribution in [2.75, 3.05) is 7.05 Å². The number of rotatable bonds is 5. The van der Waals surface area contributed by atoms with Gasteiger partial charge in [0.2, 0.25) is 0 Å². The molecule has 20 heavy (non-hydrogen) atoms. The SMILES string of the molecule is CNC(C)c1ccc(F)cc1OCc1cncc(C)c1. The maximum Gasteiger partial charge on any atom is 0.127 e. The minimum atomic E-state index is -0.297. The molecule has 0 aliphatic rings. The van der Waals surface area contributed by atoms with Gasteiger partial charge in [0, 0.05) is 35.6 Å². The van der Waals surface area contributed by atoms with Gasteiger partial charge in [-0.3, -0.25) is 4.98 Å². The van der Waals surface area contributed by atoms with E-state index in [9.17, 15) is 4.39 Å². The Kier molecular flexibility index (Phi) is 4.69. The van der Waals surface area contributed by atoms with Gasteiger partial charge in [-0.05, 0) is 38.6 Å². The van der Waals surface area contributed by atoms with Crippen molar-refractivity contribution in [3.63, 3.8) is 0 Å². The zero-order chi connectivity index (χ0) is 14.5. The quantitative estimate of drug-likeness (QED) is 0.907. The van der Waals surface area contributed by atoms with E-state index >= 15 is 0 Å². The minimum Gasteiger partial charge on any atom is -0.488 e. The Morgan fingerprint density at radius 1 is 1.30 bits per heavy atom. The molecular weight excluding hydrogens is 255 g/mol. The van der Waals surface area contributed by atoms with Crippen LogP contribution in [0.15, 0.2) is 36.7 Å². The van der Waals surface area contributed by atoms with Crippen molar-refractivity contribution >= 4 is 0 Å². The van der Waals surface area contributed by atoms with Crippen LogP contribution in [-0.4, -0.2) is 12.0 Å². The molecule has 2 aromatic rings. The predicted octanol–water partition coefficient (Wildman–Crippen LogP) is 3.39. The molecule has 2 rings (SSSR count). The van der Waals surface area contributed by atoms with E-state index < -0.39 is 0 Å². The lowest BCUT2D eigenvalue weighted by Crippen LogP contribution is -2.14. The largest absolute Gasteiger partial charge is 0.488 e. The molecule has 0 bridgehead atoms. The van der Waals surface area contributed by atoms with Crippen LogP contribution in [0.1, 0.15) is 29.7 Å². The highest BCUT2D eigenvalue weighted by atomic mass is 19.1. The highest BCUT2D eigenvalue weighted by Crippen LogP contribution is 2.26. The monoisotopic (exact) mass is 274 g/mol. The van der Waals surface area contributed by atoms with E-state index in [-0.39, 0.29) is 11.9 Å². The number of aryl methyl sites for hydroxylation is 1. The van der Waals surface area contributed by atoms with E-state index in [0.717, 1.165) is 16.7 Å². The van der Waals surface area contributed by atoms with Crippen LogP contribution in [0, 0.1) is 12.7 Å². The molecule has 0 fully saturated rings. The number of ether oxygens (including phenoxy) is 1. The number of aromatic nitrogens is 1. The van der Waals surface area contributed by atoms with Crippen molar-refractivity contribution in [2.45, 2.75) is 26.5 Å². The summed E-state index contributed by atoms with van der Waals surface area (Å²) < 4.78 is 19.2. The van der Waals surface area contributed by atoms with Crippen LogP contribution in [0.3, 0.4) is 0 Å². The Labute approximate surface area is 118 Å². The molecule has 0 radical (unpaired) electrons. The van der Waals surface area contributed by atoms with Gasteiger partial charge in [0.15, 0.2) is 0 Å². The van der Waals surface area contributed by atoms with Gasteiger partial charge in [-0.25, -0.2) is 4.39 Å². The summed E-state index contributed by atoms with van der Waals surface area (Å²) in [4.78, 5) is 4.12. The first-order valence-electron chi connectivity index (χ1n) is 6.60. The Morgan fingerprint density at radius 3 is 2.80 bits per heavy atom. The van der Waals surface area contributed by atoms with Crippen LogP contribution in [-0.2, 0) is 6.61 Å². The maximum absolute atomic E-state index is 13.4. The van der Waals surface area contributed by atoms with E-state index in [2.05, 4.69) is 10.3 Å². The van der Waals surface area contributed by atoms with Crippen LogP contribution in [0.4, 0.5) is 4.39 Å². The Morgan fingerprint density at radius 2 is 2.10 bits per heavy atom. The minimum absolute atomic E-state index is 0.0984. The first-order valence-corrected chi connectivity index (χ1v) is 6.60. The van der Waals surface area contributed by atoms with E-state index in [0.29, 0.717) is 12.4 Å². The first-order chi connectivity index (χ1) is 9.60. The average Bonchev–Trinajstić information content (AvgIpc) is 2.44. The van der Waals surface area contributed by atoms with Crippen LogP contribution < -0.4 is 10.1 Å². The molecule has 4 heteroatoms. The van der Waals surface area contributed by atoms with Crippen LogP contribution in [0.5, 0.6) is 5.75 Å². The molecule has 1 aromatic carbocycles. The van der Waals surface area contributed by atoms with Gasteiger partial charge < -0.3 is 10.1 Å². The number of benzene rings is 1. The standard InChI is InChI=1S/C16H19FN2O/c1-11-6-13(9-19-8-11)10-20-16-7-14(17)4-5-15(16)12(2)18-3/h4-9,12,18H,10H2,1-3H3. The number of hydrogen-bond donors (Lipinski definition) is 1. The number of halogens is 1. The van der Waals surface area contributed by atoms with Crippen molar-refractivity contribution in [1.29, 1.82) is 0 Å². The van der Waals surface area contributed by atoms with E-state index in [1.807, 2.05) is 27.0 Å². The molecule has 0 amide bonds. The molecule has 0 aliphatic carbocycles. The van der Waals surface area contributed by atoms with Gasteiger partial charge >= 0.3 is 0 Å². The van der Waals surface area contributed by atoms with Gasteiger partial charge in [0.1, 0.15) is 18.2 Å². The third-order valence-electron chi connectivity index (χ3n) is 3.20. The summed E-state index contributed by atoms with van der Waals surface area (Å²) in [5.74, 6) is 0.266. The second-order valence-corrected chi connectivity index (χ2v) is 4.85. The lowest BCUT2D eigenvalue weighted by atomic mass is 10.1.